The first kappa shape index (κ1) is 72.1. The number of imidazole rings is 1. The van der Waals surface area contributed by atoms with Crippen LogP contribution in [-0.4, -0.2) is 69.7 Å². The molecule has 3 fully saturated rings. The number of halogens is 1. The Morgan fingerprint density at radius 2 is 0.876 bits per heavy atom. The van der Waals surface area contributed by atoms with Gasteiger partial charge in [0.25, 0.3) is 17.7 Å². The van der Waals surface area contributed by atoms with Crippen LogP contribution in [0.25, 0.3) is 17.1 Å². The van der Waals surface area contributed by atoms with Crippen molar-refractivity contribution in [3.05, 3.63) is 322 Å². The summed E-state index contributed by atoms with van der Waals surface area (Å²) in [5.41, 5.74) is 32.8. The van der Waals surface area contributed by atoms with Crippen molar-refractivity contribution in [1.29, 1.82) is 0 Å². The molecule has 0 saturated heterocycles. The molecule has 3 aliphatic rings. The average molecular weight is 1400 g/mol. The average Bonchev–Trinajstić information content (AvgIpc) is 1.76. The van der Waals surface area contributed by atoms with Crippen molar-refractivity contribution < 1.29 is 18.8 Å². The van der Waals surface area contributed by atoms with E-state index in [2.05, 4.69) is 100.0 Å². The van der Waals surface area contributed by atoms with Gasteiger partial charge in [-0.3, -0.25) is 14.4 Å². The number of nitrogens with two attached hydrogens (primary N) is 3. The highest BCUT2D eigenvalue weighted by atomic mass is 19.1. The summed E-state index contributed by atoms with van der Waals surface area (Å²) in [4.78, 5) is 44.2. The number of anilines is 3. The third-order valence-corrected chi connectivity index (χ3v) is 19.3. The lowest BCUT2D eigenvalue weighted by Crippen LogP contribution is -2.26. The minimum absolute atomic E-state index is 0.0698. The molecule has 0 spiro atoms. The van der Waals surface area contributed by atoms with Crippen molar-refractivity contribution in [1.82, 2.24) is 49.5 Å². The largest absolute Gasteiger partial charge is 0.330 e. The highest BCUT2D eigenvalue weighted by Crippen LogP contribution is 2.38. The normalized spacial score (nSPS) is 14.0. The van der Waals surface area contributed by atoms with Gasteiger partial charge in [-0.05, 0) is 214 Å². The van der Waals surface area contributed by atoms with Crippen molar-refractivity contribution in [2.75, 3.05) is 29.0 Å². The van der Waals surface area contributed by atoms with E-state index in [0.29, 0.717) is 53.9 Å². The van der Waals surface area contributed by atoms with Crippen LogP contribution in [0.4, 0.5) is 21.5 Å². The summed E-state index contributed by atoms with van der Waals surface area (Å²) in [5, 5.41) is 29.8. The molecule has 4 heterocycles. The van der Waals surface area contributed by atoms with E-state index < -0.39 is 11.7 Å². The lowest BCUT2D eigenvalue weighted by atomic mass is 9.97. The molecule has 3 atom stereocenters. The van der Waals surface area contributed by atoms with Gasteiger partial charge >= 0.3 is 0 Å². The van der Waals surface area contributed by atoms with Crippen LogP contribution < -0.4 is 43.8 Å². The molecule has 0 bridgehead atoms. The van der Waals surface area contributed by atoms with E-state index in [1.807, 2.05) is 173 Å². The van der Waals surface area contributed by atoms with Gasteiger partial charge in [0.2, 0.25) is 0 Å². The first-order valence-electron chi connectivity index (χ1n) is 36.3. The minimum Gasteiger partial charge on any atom is -0.330 e. The molecule has 8 aromatic carbocycles. The summed E-state index contributed by atoms with van der Waals surface area (Å²) in [6, 6.07) is 70.0. The van der Waals surface area contributed by atoms with Gasteiger partial charge in [0.1, 0.15) is 17.1 Å². The molecule has 0 aliphatic heterocycles. The molecule has 0 radical (unpaired) electrons. The Bertz CT molecular complexity index is 4920. The van der Waals surface area contributed by atoms with E-state index in [1.54, 1.807) is 50.4 Å². The Morgan fingerprint density at radius 3 is 1.33 bits per heavy atom. The molecule has 4 aromatic heterocycles. The summed E-state index contributed by atoms with van der Waals surface area (Å²) >= 11 is 0. The quantitative estimate of drug-likeness (QED) is 0.0239. The van der Waals surface area contributed by atoms with Gasteiger partial charge in [-0.2, -0.15) is 15.3 Å². The zero-order valence-electron chi connectivity index (χ0n) is 59.6. The molecule has 19 nitrogen and oxygen atoms in total. The number of carbonyl (C=O) groups is 3. The molecule has 11 N–H and O–H groups in total. The summed E-state index contributed by atoms with van der Waals surface area (Å²) in [7, 11) is 0. The number of hydrogen-bond acceptors (Lipinski definition) is 12. The lowest BCUT2D eigenvalue weighted by Gasteiger charge is -2.21. The molecule has 12 aromatic rings. The third-order valence-electron chi connectivity index (χ3n) is 19.3. The maximum Gasteiger partial charge on any atom is 0.274 e. The van der Waals surface area contributed by atoms with E-state index >= 15 is 4.39 Å². The molecule has 3 amide bonds. The summed E-state index contributed by atoms with van der Waals surface area (Å²) in [6.07, 6.45) is 15.7. The van der Waals surface area contributed by atoms with Crippen molar-refractivity contribution in [2.45, 2.75) is 110 Å². The first-order valence-corrected chi connectivity index (χ1v) is 36.3. The van der Waals surface area contributed by atoms with Crippen molar-refractivity contribution in [3.8, 4) is 17.1 Å². The van der Waals surface area contributed by atoms with Gasteiger partial charge < -0.3 is 48.4 Å². The van der Waals surface area contributed by atoms with E-state index in [1.165, 1.54) is 50.5 Å². The van der Waals surface area contributed by atoms with E-state index in [-0.39, 0.29) is 35.6 Å². The SMILES string of the molecule is Cc1cc(C(=O)Nc2cccc(C(CCC3CC3)n3ccnc3)c2)n(-c2cccc(CN)c2)n1.Cc1cc(C(=O)Nc2cccc(C(NCC3CC3)c3ccccc3)c2)n(-c2cccc(CN)c2)n1.Cc1cc(C(=O)Nc2cccc(C(NCC3CC3)c3ccccc3)c2F)n(-c2cccc(CN)c2)n1. The number of benzene rings is 8. The molecular formula is C85H91FN16O3. The predicted molar refractivity (Wildman–Crippen MR) is 412 cm³/mol. The van der Waals surface area contributed by atoms with E-state index in [9.17, 15) is 14.4 Å². The van der Waals surface area contributed by atoms with Gasteiger partial charge in [0.15, 0.2) is 5.82 Å². The molecular weight excluding hydrogens is 1310 g/mol. The number of aryl methyl sites for hydroxylation is 3. The standard InChI is InChI=1S/C29H30FN5O.C29H31N5O.C27H30N6O/c1-19-15-26(35(34-19)23-10-5-7-21(16-23)17-31)29(36)33-25-12-6-11-24(27(25)30)28(32-18-20-13-14-20)22-8-3-2-4-9-22;1-20-15-27(34(33-20)26-12-5-7-22(16-26)18-30)29(35)32-25-11-6-10-24(17-25)28(31-19-21-13-14-21)23-8-3-2-4-9-23;1-19-14-26(33(31-19)24-7-2-4-21(15-24)17-28)27(34)30-23-6-3-5-22(16-23)25(11-10-20-8-9-20)32-13-12-29-18-32/h2-12,15-16,20,28,32H,13-14,17-18,31H2,1H3,(H,33,36);2-12,15-17,21,28,31H,13-14,18-19,30H2,1H3,(H,32,35);2-7,12-16,18,20,25H,8-11,17,28H2,1H3,(H,30,34). The molecule has 105 heavy (non-hydrogen) atoms. The monoisotopic (exact) mass is 1400 g/mol. The predicted octanol–water partition coefficient (Wildman–Crippen LogP) is 15.0. The van der Waals surface area contributed by atoms with Gasteiger partial charge in [-0.1, -0.05) is 146 Å². The van der Waals surface area contributed by atoms with Crippen LogP contribution in [0.5, 0.6) is 0 Å². The number of amides is 3. The number of nitrogens with zero attached hydrogens (tertiary/aromatic N) is 8. The fraction of sp³-hybridized carbons (Fsp3) is 0.259. The van der Waals surface area contributed by atoms with Crippen molar-refractivity contribution in [2.24, 2.45) is 35.0 Å². The minimum atomic E-state index is -0.448. The fourth-order valence-corrected chi connectivity index (χ4v) is 13.2. The second kappa shape index (κ2) is 33.9. The molecule has 20 heteroatoms. The highest BCUT2D eigenvalue weighted by molar-refractivity contribution is 6.05. The highest BCUT2D eigenvalue weighted by Gasteiger charge is 2.29. The number of nitrogens with one attached hydrogen (secondary N) is 5. The fourth-order valence-electron chi connectivity index (χ4n) is 13.2. The van der Waals surface area contributed by atoms with E-state index in [0.717, 1.165) is 105 Å². The second-order valence-corrected chi connectivity index (χ2v) is 27.6. The maximum absolute atomic E-state index is 15.9. The van der Waals surface area contributed by atoms with Crippen LogP contribution in [-0.2, 0) is 19.6 Å². The molecule has 15 rings (SSSR count). The second-order valence-electron chi connectivity index (χ2n) is 27.6. The van der Waals surface area contributed by atoms with E-state index in [4.69, 9.17) is 17.2 Å². The Labute approximate surface area is 612 Å². The zero-order chi connectivity index (χ0) is 72.8. The van der Waals surface area contributed by atoms with Gasteiger partial charge in [0.05, 0.1) is 64.3 Å². The smallest absolute Gasteiger partial charge is 0.274 e. The molecule has 3 unspecified atom stereocenters. The van der Waals surface area contributed by atoms with Crippen molar-refractivity contribution >= 4 is 34.8 Å². The Balaban J connectivity index is 0.000000140. The zero-order valence-corrected chi connectivity index (χ0v) is 59.6. The first-order chi connectivity index (χ1) is 51.2. The number of aromatic nitrogens is 8. The van der Waals surface area contributed by atoms with Gasteiger partial charge in [-0.15, -0.1) is 0 Å². The third kappa shape index (κ3) is 18.8. The van der Waals surface area contributed by atoms with Crippen LogP contribution in [0.3, 0.4) is 0 Å². The van der Waals surface area contributed by atoms with Crippen LogP contribution in [0.2, 0.25) is 0 Å². The van der Waals surface area contributed by atoms with Crippen LogP contribution in [0.15, 0.2) is 237 Å². The van der Waals surface area contributed by atoms with Crippen LogP contribution >= 0.6 is 0 Å². The summed E-state index contributed by atoms with van der Waals surface area (Å²) < 4.78 is 22.9. The van der Waals surface area contributed by atoms with Crippen LogP contribution in [0.1, 0.15) is 163 Å². The number of rotatable bonds is 27. The molecule has 536 valence electrons. The lowest BCUT2D eigenvalue weighted by molar-refractivity contribution is 0.101. The number of hydrogen-bond donors (Lipinski definition) is 8. The van der Waals surface area contributed by atoms with Crippen LogP contribution in [0, 0.1) is 44.3 Å². The Hall–Kier alpha value is -11.3. The van der Waals surface area contributed by atoms with Gasteiger partial charge in [0, 0.05) is 49.0 Å². The Kier molecular flexibility index (Phi) is 23.3. The molecule has 3 aliphatic carbocycles. The topological polar surface area (TPSA) is 261 Å². The van der Waals surface area contributed by atoms with Gasteiger partial charge in [-0.25, -0.2) is 23.4 Å². The number of carbonyl (C=O) groups excluding carboxylic acids is 3. The van der Waals surface area contributed by atoms with Crippen molar-refractivity contribution in [3.63, 3.8) is 0 Å². The maximum atomic E-state index is 15.9. The molecule has 3 saturated carbocycles. The summed E-state index contributed by atoms with van der Waals surface area (Å²) in [5.74, 6) is 0.975. The Morgan fingerprint density at radius 1 is 0.457 bits per heavy atom. The summed E-state index contributed by atoms with van der Waals surface area (Å²) in [6.45, 7) is 8.66.